The Labute approximate surface area is 92.9 Å². The molecule has 15 heavy (non-hydrogen) atoms. The van der Waals surface area contributed by atoms with Crippen LogP contribution in [-0.2, 0) is 0 Å². The third kappa shape index (κ3) is 2.74. The summed E-state index contributed by atoms with van der Waals surface area (Å²) >= 11 is 0. The third-order valence-corrected chi connectivity index (χ3v) is 3.20. The molecule has 0 radical (unpaired) electrons. The molecule has 1 heteroatoms. The van der Waals surface area contributed by atoms with Crippen molar-refractivity contribution < 1.29 is 0 Å². The number of anilines is 1. The number of nitrogens with one attached hydrogen (secondary N) is 1. The average molecular weight is 203 g/mol. The van der Waals surface area contributed by atoms with E-state index < -0.39 is 0 Å². The molecule has 1 aliphatic carbocycles. The summed E-state index contributed by atoms with van der Waals surface area (Å²) in [6.45, 7) is 6.60. The molecule has 0 saturated heterocycles. The minimum atomic E-state index is 0.686. The SMILES string of the molecule is CCC(Nc1cc(C)cc(C)c1)C1CC1. The first-order valence-corrected chi connectivity index (χ1v) is 6.04. The van der Waals surface area contributed by atoms with Crippen molar-refractivity contribution in [1.29, 1.82) is 0 Å². The molecule has 0 aromatic heterocycles. The summed E-state index contributed by atoms with van der Waals surface area (Å²) in [5.74, 6) is 0.927. The molecule has 0 amide bonds. The smallest absolute Gasteiger partial charge is 0.0347 e. The maximum absolute atomic E-state index is 3.67. The van der Waals surface area contributed by atoms with Gasteiger partial charge in [-0.3, -0.25) is 0 Å². The second-order valence-electron chi connectivity index (χ2n) is 4.87. The maximum atomic E-state index is 3.67. The van der Waals surface area contributed by atoms with Crippen LogP contribution in [0.3, 0.4) is 0 Å². The van der Waals surface area contributed by atoms with E-state index in [0.29, 0.717) is 6.04 Å². The molecule has 0 aliphatic heterocycles. The van der Waals surface area contributed by atoms with Gasteiger partial charge in [0.05, 0.1) is 0 Å². The number of aryl methyl sites for hydroxylation is 2. The fraction of sp³-hybridized carbons (Fsp3) is 0.571. The van der Waals surface area contributed by atoms with Gasteiger partial charge >= 0.3 is 0 Å². The molecule has 1 nitrogen and oxygen atoms in total. The van der Waals surface area contributed by atoms with E-state index in [1.165, 1.54) is 36.1 Å². The van der Waals surface area contributed by atoms with Gasteiger partial charge in [0.2, 0.25) is 0 Å². The Balaban J connectivity index is 2.08. The van der Waals surface area contributed by atoms with Crippen LogP contribution in [0.2, 0.25) is 0 Å². The molecule has 0 spiro atoms. The average Bonchev–Trinajstić information content (AvgIpc) is 2.95. The number of rotatable bonds is 4. The molecule has 0 heterocycles. The van der Waals surface area contributed by atoms with Crippen molar-refractivity contribution in [2.24, 2.45) is 5.92 Å². The predicted octanol–water partition coefficient (Wildman–Crippen LogP) is 3.90. The van der Waals surface area contributed by atoms with Crippen LogP contribution in [0.5, 0.6) is 0 Å². The fourth-order valence-electron chi connectivity index (χ4n) is 2.32. The van der Waals surface area contributed by atoms with Crippen LogP contribution in [0.15, 0.2) is 18.2 Å². The van der Waals surface area contributed by atoms with Gasteiger partial charge in [0.25, 0.3) is 0 Å². The highest BCUT2D eigenvalue weighted by Crippen LogP contribution is 2.35. The zero-order chi connectivity index (χ0) is 10.8. The van der Waals surface area contributed by atoms with E-state index in [0.717, 1.165) is 5.92 Å². The van der Waals surface area contributed by atoms with Gasteiger partial charge in [0, 0.05) is 11.7 Å². The van der Waals surface area contributed by atoms with Crippen molar-refractivity contribution in [3.8, 4) is 0 Å². The topological polar surface area (TPSA) is 12.0 Å². The Kier molecular flexibility index (Phi) is 2.99. The number of hydrogen-bond acceptors (Lipinski definition) is 1. The maximum Gasteiger partial charge on any atom is 0.0347 e. The van der Waals surface area contributed by atoms with Gasteiger partial charge in [-0.2, -0.15) is 0 Å². The Bertz CT molecular complexity index is 319. The summed E-state index contributed by atoms with van der Waals surface area (Å²) in [6, 6.07) is 7.41. The zero-order valence-electron chi connectivity index (χ0n) is 10.0. The lowest BCUT2D eigenvalue weighted by Gasteiger charge is -2.18. The highest BCUT2D eigenvalue weighted by molar-refractivity contribution is 5.49. The molecule has 1 aromatic rings. The fourth-order valence-corrected chi connectivity index (χ4v) is 2.32. The molecule has 1 aliphatic rings. The molecule has 1 atom stereocenters. The van der Waals surface area contributed by atoms with E-state index in [-0.39, 0.29) is 0 Å². The molecule has 82 valence electrons. The van der Waals surface area contributed by atoms with Crippen molar-refractivity contribution >= 4 is 5.69 Å². The number of benzene rings is 1. The van der Waals surface area contributed by atoms with Crippen LogP contribution in [-0.4, -0.2) is 6.04 Å². The highest BCUT2D eigenvalue weighted by Gasteiger charge is 2.29. The van der Waals surface area contributed by atoms with Crippen molar-refractivity contribution in [3.63, 3.8) is 0 Å². The normalized spacial score (nSPS) is 17.5. The van der Waals surface area contributed by atoms with Crippen molar-refractivity contribution in [1.82, 2.24) is 0 Å². The molecule has 2 rings (SSSR count). The lowest BCUT2D eigenvalue weighted by atomic mass is 10.1. The van der Waals surface area contributed by atoms with Gasteiger partial charge in [-0.1, -0.05) is 13.0 Å². The summed E-state index contributed by atoms with van der Waals surface area (Å²) in [7, 11) is 0. The predicted molar refractivity (Wildman–Crippen MR) is 66.3 cm³/mol. The monoisotopic (exact) mass is 203 g/mol. The molecule has 1 saturated carbocycles. The molecule has 1 unspecified atom stereocenters. The lowest BCUT2D eigenvalue weighted by molar-refractivity contribution is 0.616. The van der Waals surface area contributed by atoms with Crippen molar-refractivity contribution in [2.75, 3.05) is 5.32 Å². The second kappa shape index (κ2) is 4.26. The summed E-state index contributed by atoms with van der Waals surface area (Å²) in [5.41, 5.74) is 4.00. The van der Waals surface area contributed by atoms with Crippen LogP contribution in [0.25, 0.3) is 0 Å². The Morgan fingerprint density at radius 3 is 2.27 bits per heavy atom. The largest absolute Gasteiger partial charge is 0.382 e. The molecule has 1 fully saturated rings. The molecule has 0 bridgehead atoms. The minimum absolute atomic E-state index is 0.686. The highest BCUT2D eigenvalue weighted by atomic mass is 14.9. The summed E-state index contributed by atoms with van der Waals surface area (Å²) in [4.78, 5) is 0. The molecule has 1 N–H and O–H groups in total. The van der Waals surface area contributed by atoms with Crippen LogP contribution in [0.1, 0.15) is 37.3 Å². The summed E-state index contributed by atoms with van der Waals surface area (Å²) in [5, 5.41) is 3.67. The Morgan fingerprint density at radius 1 is 1.20 bits per heavy atom. The Morgan fingerprint density at radius 2 is 1.80 bits per heavy atom. The van der Waals surface area contributed by atoms with Gasteiger partial charge in [0.1, 0.15) is 0 Å². The van der Waals surface area contributed by atoms with E-state index in [4.69, 9.17) is 0 Å². The van der Waals surface area contributed by atoms with E-state index in [1.807, 2.05) is 0 Å². The zero-order valence-corrected chi connectivity index (χ0v) is 10.0. The van der Waals surface area contributed by atoms with E-state index in [9.17, 15) is 0 Å². The van der Waals surface area contributed by atoms with Gasteiger partial charge in [-0.15, -0.1) is 0 Å². The van der Waals surface area contributed by atoms with Crippen LogP contribution in [0, 0.1) is 19.8 Å². The minimum Gasteiger partial charge on any atom is -0.382 e. The van der Waals surface area contributed by atoms with Crippen molar-refractivity contribution in [3.05, 3.63) is 29.3 Å². The first kappa shape index (κ1) is 10.5. The standard InChI is InChI=1S/C14H21N/c1-4-14(12-5-6-12)15-13-8-10(2)7-11(3)9-13/h7-9,12,14-15H,4-6H2,1-3H3. The lowest BCUT2D eigenvalue weighted by Crippen LogP contribution is -2.20. The molecular formula is C14H21N. The van der Waals surface area contributed by atoms with Crippen LogP contribution < -0.4 is 5.32 Å². The first-order chi connectivity index (χ1) is 7.19. The van der Waals surface area contributed by atoms with Gasteiger partial charge < -0.3 is 5.32 Å². The molecule has 1 aromatic carbocycles. The molecular weight excluding hydrogens is 182 g/mol. The van der Waals surface area contributed by atoms with Crippen molar-refractivity contribution in [2.45, 2.75) is 46.1 Å². The van der Waals surface area contributed by atoms with Gasteiger partial charge in [-0.25, -0.2) is 0 Å². The van der Waals surface area contributed by atoms with Gasteiger partial charge in [-0.05, 0) is 62.3 Å². The van der Waals surface area contributed by atoms with E-state index in [2.05, 4.69) is 44.3 Å². The van der Waals surface area contributed by atoms with E-state index >= 15 is 0 Å². The Hall–Kier alpha value is -0.980. The summed E-state index contributed by atoms with van der Waals surface area (Å²) in [6.07, 6.45) is 4.06. The van der Waals surface area contributed by atoms with E-state index in [1.54, 1.807) is 0 Å². The summed E-state index contributed by atoms with van der Waals surface area (Å²) < 4.78 is 0. The third-order valence-electron chi connectivity index (χ3n) is 3.20. The second-order valence-corrected chi connectivity index (χ2v) is 4.87. The number of hydrogen-bond donors (Lipinski definition) is 1. The van der Waals surface area contributed by atoms with Crippen LogP contribution >= 0.6 is 0 Å². The first-order valence-electron chi connectivity index (χ1n) is 6.04. The quantitative estimate of drug-likeness (QED) is 0.782. The van der Waals surface area contributed by atoms with Crippen LogP contribution in [0.4, 0.5) is 5.69 Å². The van der Waals surface area contributed by atoms with Gasteiger partial charge in [0.15, 0.2) is 0 Å².